The Balaban J connectivity index is 1.49. The average Bonchev–Trinajstić information content (AvgIpc) is 2.73. The zero-order valence-electron chi connectivity index (χ0n) is 16.9. The summed E-state index contributed by atoms with van der Waals surface area (Å²) in [5.41, 5.74) is 0.662. The molecule has 0 bridgehead atoms. The maximum Gasteiger partial charge on any atom is 0.401 e. The van der Waals surface area contributed by atoms with E-state index in [1.807, 2.05) is 30.3 Å². The number of nitrogens with zero attached hydrogens (tertiary/aromatic N) is 2. The topological polar surface area (TPSA) is 32.8 Å². The lowest BCUT2D eigenvalue weighted by atomic mass is 9.87. The van der Waals surface area contributed by atoms with Gasteiger partial charge in [-0.05, 0) is 36.6 Å². The van der Waals surface area contributed by atoms with Crippen LogP contribution in [0.15, 0.2) is 54.6 Å². The zero-order chi connectivity index (χ0) is 22.1. The van der Waals surface area contributed by atoms with Crippen LogP contribution >= 0.6 is 11.6 Å². The second-order valence-electron chi connectivity index (χ2n) is 8.29. The summed E-state index contributed by atoms with van der Waals surface area (Å²) >= 11 is 6.00. The molecular formula is C23H24ClF3N2O2. The van der Waals surface area contributed by atoms with E-state index in [1.165, 1.54) is 4.90 Å². The van der Waals surface area contributed by atoms with Crippen LogP contribution in [0.4, 0.5) is 13.2 Å². The van der Waals surface area contributed by atoms with E-state index in [9.17, 15) is 18.0 Å². The van der Waals surface area contributed by atoms with Gasteiger partial charge >= 0.3 is 6.18 Å². The minimum atomic E-state index is -4.27. The van der Waals surface area contributed by atoms with Crippen LogP contribution in [-0.4, -0.2) is 60.2 Å². The van der Waals surface area contributed by atoms with Crippen LogP contribution in [0.1, 0.15) is 34.9 Å². The summed E-state index contributed by atoms with van der Waals surface area (Å²) in [6.07, 6.45) is -3.75. The SMILES string of the molecule is O=C(c1cccc(Cl)c1)N1CCC2(CC1)CN(CC(F)(F)F)CC(c1ccccc1)O2. The van der Waals surface area contributed by atoms with Crippen LogP contribution in [-0.2, 0) is 4.74 Å². The maximum atomic E-state index is 13.2. The smallest absolute Gasteiger partial charge is 0.364 e. The van der Waals surface area contributed by atoms with E-state index in [-0.39, 0.29) is 19.0 Å². The number of ether oxygens (including phenoxy) is 1. The van der Waals surface area contributed by atoms with Crippen molar-refractivity contribution in [3.05, 3.63) is 70.7 Å². The molecule has 1 atom stereocenters. The van der Waals surface area contributed by atoms with Crippen molar-refractivity contribution in [1.29, 1.82) is 0 Å². The number of alkyl halides is 3. The Morgan fingerprint density at radius 3 is 2.45 bits per heavy atom. The molecule has 0 radical (unpaired) electrons. The fraction of sp³-hybridized carbons (Fsp3) is 0.435. The molecule has 0 aromatic heterocycles. The van der Waals surface area contributed by atoms with E-state index in [4.69, 9.17) is 16.3 Å². The van der Waals surface area contributed by atoms with E-state index < -0.39 is 24.4 Å². The fourth-order valence-electron chi connectivity index (χ4n) is 4.50. The van der Waals surface area contributed by atoms with Gasteiger partial charge in [0.1, 0.15) is 0 Å². The highest BCUT2D eigenvalue weighted by atomic mass is 35.5. The zero-order valence-corrected chi connectivity index (χ0v) is 17.7. The number of piperidine rings is 1. The van der Waals surface area contributed by atoms with E-state index in [0.29, 0.717) is 36.5 Å². The van der Waals surface area contributed by atoms with E-state index in [2.05, 4.69) is 0 Å². The van der Waals surface area contributed by atoms with Crippen molar-refractivity contribution in [2.45, 2.75) is 30.7 Å². The van der Waals surface area contributed by atoms with Gasteiger partial charge in [0.15, 0.2) is 0 Å². The fourth-order valence-corrected chi connectivity index (χ4v) is 4.69. The summed E-state index contributed by atoms with van der Waals surface area (Å²) in [5, 5.41) is 0.489. The third-order valence-electron chi connectivity index (χ3n) is 5.94. The number of carbonyl (C=O) groups is 1. The number of morpholine rings is 1. The highest BCUT2D eigenvalue weighted by molar-refractivity contribution is 6.30. The molecule has 1 unspecified atom stereocenters. The third kappa shape index (κ3) is 5.40. The predicted molar refractivity (Wildman–Crippen MR) is 112 cm³/mol. The van der Waals surface area contributed by atoms with E-state index in [1.54, 1.807) is 29.2 Å². The highest BCUT2D eigenvalue weighted by Gasteiger charge is 2.46. The molecule has 2 heterocycles. The molecule has 2 aromatic carbocycles. The summed E-state index contributed by atoms with van der Waals surface area (Å²) in [6, 6.07) is 16.1. The normalized spacial score (nSPS) is 21.9. The first-order valence-corrected chi connectivity index (χ1v) is 10.7. The molecule has 0 saturated carbocycles. The second-order valence-corrected chi connectivity index (χ2v) is 8.72. The Kier molecular flexibility index (Phi) is 6.28. The molecule has 166 valence electrons. The molecule has 2 aromatic rings. The minimum absolute atomic E-state index is 0.125. The lowest BCUT2D eigenvalue weighted by Gasteiger charge is -2.50. The number of likely N-dealkylation sites (tertiary alicyclic amines) is 1. The summed E-state index contributed by atoms with van der Waals surface area (Å²) in [4.78, 5) is 16.0. The van der Waals surface area contributed by atoms with Gasteiger partial charge in [-0.25, -0.2) is 0 Å². The number of hydrogen-bond donors (Lipinski definition) is 0. The number of benzene rings is 2. The predicted octanol–water partition coefficient (Wildman–Crippen LogP) is 4.95. The van der Waals surface area contributed by atoms with Crippen LogP contribution in [0.25, 0.3) is 0 Å². The van der Waals surface area contributed by atoms with Gasteiger partial charge < -0.3 is 9.64 Å². The molecule has 31 heavy (non-hydrogen) atoms. The second kappa shape index (κ2) is 8.81. The number of rotatable bonds is 3. The van der Waals surface area contributed by atoms with E-state index in [0.717, 1.165) is 5.56 Å². The number of hydrogen-bond acceptors (Lipinski definition) is 3. The molecule has 2 fully saturated rings. The Hall–Kier alpha value is -2.09. The van der Waals surface area contributed by atoms with Gasteiger partial charge in [0.25, 0.3) is 5.91 Å². The molecule has 2 aliphatic heterocycles. The molecule has 8 heteroatoms. The molecule has 1 amide bonds. The van der Waals surface area contributed by atoms with Gasteiger partial charge in [0.05, 0.1) is 18.2 Å². The molecule has 4 rings (SSSR count). The Morgan fingerprint density at radius 1 is 1.10 bits per heavy atom. The maximum absolute atomic E-state index is 13.2. The number of amides is 1. The first-order chi connectivity index (χ1) is 14.7. The van der Waals surface area contributed by atoms with Gasteiger partial charge in [-0.15, -0.1) is 0 Å². The first kappa shape index (κ1) is 22.1. The molecule has 1 spiro atoms. The molecule has 4 nitrogen and oxygen atoms in total. The third-order valence-corrected chi connectivity index (χ3v) is 6.17. The lowest BCUT2D eigenvalue weighted by molar-refractivity contribution is -0.205. The molecule has 2 aliphatic rings. The van der Waals surface area contributed by atoms with Gasteiger partial charge in [-0.2, -0.15) is 13.2 Å². The van der Waals surface area contributed by atoms with Crippen LogP contribution in [0.2, 0.25) is 5.02 Å². The Labute approximate surface area is 184 Å². The molecule has 0 aliphatic carbocycles. The standard InChI is InChI=1S/C23H24ClF3N2O2/c24-19-8-4-7-18(13-19)21(30)29-11-9-22(10-12-29)15-28(16-23(25,26)27)14-20(31-22)17-5-2-1-3-6-17/h1-8,13,20H,9-12,14-16H2. The monoisotopic (exact) mass is 452 g/mol. The number of carbonyl (C=O) groups excluding carboxylic acids is 1. The highest BCUT2D eigenvalue weighted by Crippen LogP contribution is 2.39. The van der Waals surface area contributed by atoms with Crippen molar-refractivity contribution in [3.63, 3.8) is 0 Å². The van der Waals surface area contributed by atoms with Gasteiger partial charge in [-0.3, -0.25) is 9.69 Å². The average molecular weight is 453 g/mol. The van der Waals surface area contributed by atoms with E-state index >= 15 is 0 Å². The van der Waals surface area contributed by atoms with Crippen molar-refractivity contribution in [2.75, 3.05) is 32.7 Å². The summed E-state index contributed by atoms with van der Waals surface area (Å²) < 4.78 is 45.9. The van der Waals surface area contributed by atoms with Crippen molar-refractivity contribution in [1.82, 2.24) is 9.80 Å². The Morgan fingerprint density at radius 2 is 1.81 bits per heavy atom. The van der Waals surface area contributed by atoms with Gasteiger partial charge in [-0.1, -0.05) is 48.0 Å². The van der Waals surface area contributed by atoms with Crippen molar-refractivity contribution < 1.29 is 22.7 Å². The van der Waals surface area contributed by atoms with Crippen molar-refractivity contribution in [3.8, 4) is 0 Å². The molecular weight excluding hydrogens is 429 g/mol. The summed E-state index contributed by atoms with van der Waals surface area (Å²) in [6.45, 7) is 0.275. The minimum Gasteiger partial charge on any atom is -0.364 e. The Bertz CT molecular complexity index is 915. The van der Waals surface area contributed by atoms with Crippen molar-refractivity contribution >= 4 is 17.5 Å². The van der Waals surface area contributed by atoms with Gasteiger partial charge in [0, 0.05) is 36.8 Å². The van der Waals surface area contributed by atoms with Crippen molar-refractivity contribution in [2.24, 2.45) is 0 Å². The van der Waals surface area contributed by atoms with Crippen LogP contribution in [0.3, 0.4) is 0 Å². The van der Waals surface area contributed by atoms with Crippen LogP contribution in [0, 0.1) is 0 Å². The first-order valence-electron chi connectivity index (χ1n) is 10.3. The number of halogens is 4. The molecule has 2 saturated heterocycles. The summed E-state index contributed by atoms with van der Waals surface area (Å²) in [7, 11) is 0. The lowest BCUT2D eigenvalue weighted by Crippen LogP contribution is -2.59. The summed E-state index contributed by atoms with van der Waals surface area (Å²) in [5.74, 6) is -0.125. The quantitative estimate of drug-likeness (QED) is 0.660. The van der Waals surface area contributed by atoms with Gasteiger partial charge in [0.2, 0.25) is 0 Å². The van der Waals surface area contributed by atoms with Crippen LogP contribution in [0.5, 0.6) is 0 Å². The van der Waals surface area contributed by atoms with Crippen LogP contribution < -0.4 is 0 Å². The largest absolute Gasteiger partial charge is 0.401 e. The molecule has 0 N–H and O–H groups in total.